The Kier molecular flexibility index (Phi) is 7.92. The number of anilines is 1. The molecule has 5 nitrogen and oxygen atoms in total. The number of aryl methyl sites for hydroxylation is 1. The molecule has 174 valence electrons. The summed E-state index contributed by atoms with van der Waals surface area (Å²) in [6.45, 7) is 8.56. The molecule has 0 aliphatic heterocycles. The summed E-state index contributed by atoms with van der Waals surface area (Å²) in [7, 11) is 1.61. The summed E-state index contributed by atoms with van der Waals surface area (Å²) in [5.41, 5.74) is 4.44. The van der Waals surface area contributed by atoms with E-state index in [9.17, 15) is 9.59 Å². The maximum atomic E-state index is 12.7. The zero-order valence-corrected chi connectivity index (χ0v) is 20.7. The first-order chi connectivity index (χ1) is 15.7. The molecule has 0 atom stereocenters. The smallest absolute Gasteiger partial charge is 0.341 e. The number of hydrogen-bond acceptors (Lipinski definition) is 5. The van der Waals surface area contributed by atoms with Crippen molar-refractivity contribution in [3.8, 4) is 16.9 Å². The summed E-state index contributed by atoms with van der Waals surface area (Å²) in [6, 6.07) is 15.8. The summed E-state index contributed by atoms with van der Waals surface area (Å²) in [5.74, 6) is 0.150. The van der Waals surface area contributed by atoms with Crippen molar-refractivity contribution in [1.82, 2.24) is 0 Å². The van der Waals surface area contributed by atoms with Crippen LogP contribution in [0, 0.1) is 0 Å². The number of hydrogen-bond donors (Lipinski definition) is 1. The minimum atomic E-state index is -0.447. The number of rotatable bonds is 8. The van der Waals surface area contributed by atoms with Gasteiger partial charge in [-0.3, -0.25) is 4.79 Å². The maximum absolute atomic E-state index is 12.7. The third-order valence-electron chi connectivity index (χ3n) is 5.39. The first-order valence-corrected chi connectivity index (χ1v) is 11.9. The van der Waals surface area contributed by atoms with Crippen molar-refractivity contribution in [2.75, 3.05) is 19.0 Å². The predicted molar refractivity (Wildman–Crippen MR) is 134 cm³/mol. The lowest BCUT2D eigenvalue weighted by Gasteiger charge is -2.19. The first kappa shape index (κ1) is 24.5. The summed E-state index contributed by atoms with van der Waals surface area (Å²) in [4.78, 5) is 25.4. The van der Waals surface area contributed by atoms with Crippen LogP contribution in [0.2, 0.25) is 0 Å². The fourth-order valence-electron chi connectivity index (χ4n) is 3.46. The van der Waals surface area contributed by atoms with Crippen molar-refractivity contribution >= 4 is 28.2 Å². The van der Waals surface area contributed by atoms with E-state index in [0.717, 1.165) is 22.4 Å². The Morgan fingerprint density at radius 1 is 1.00 bits per heavy atom. The van der Waals surface area contributed by atoms with Gasteiger partial charge < -0.3 is 14.8 Å². The normalized spacial score (nSPS) is 11.2. The van der Waals surface area contributed by atoms with E-state index in [1.807, 2.05) is 29.6 Å². The SMILES string of the molecule is CCOC(=O)c1c(-c2ccc(OC)cc2)csc1NC(=O)CCc1ccc(C(C)(C)C)cc1. The number of amides is 1. The number of thiophene rings is 1. The van der Waals surface area contributed by atoms with E-state index < -0.39 is 5.97 Å². The van der Waals surface area contributed by atoms with Gasteiger partial charge in [-0.25, -0.2) is 4.79 Å². The van der Waals surface area contributed by atoms with E-state index in [4.69, 9.17) is 9.47 Å². The molecular weight excluding hydrogens is 434 g/mol. The van der Waals surface area contributed by atoms with Crippen LogP contribution in [-0.4, -0.2) is 25.6 Å². The lowest BCUT2D eigenvalue weighted by molar-refractivity contribution is -0.116. The van der Waals surface area contributed by atoms with Gasteiger partial charge in [0, 0.05) is 17.4 Å². The highest BCUT2D eigenvalue weighted by atomic mass is 32.1. The lowest BCUT2D eigenvalue weighted by Crippen LogP contribution is -2.15. The Morgan fingerprint density at radius 2 is 1.67 bits per heavy atom. The highest BCUT2D eigenvalue weighted by Crippen LogP contribution is 2.37. The topological polar surface area (TPSA) is 64.6 Å². The second-order valence-corrected chi connectivity index (χ2v) is 9.68. The quantitative estimate of drug-likeness (QED) is 0.387. The molecule has 0 bridgehead atoms. The number of carbonyl (C=O) groups is 2. The molecular formula is C27H31NO4S. The summed E-state index contributed by atoms with van der Waals surface area (Å²) in [6.07, 6.45) is 0.953. The molecule has 0 saturated carbocycles. The van der Waals surface area contributed by atoms with Crippen LogP contribution in [0.4, 0.5) is 5.00 Å². The number of benzene rings is 2. The third-order valence-corrected chi connectivity index (χ3v) is 6.28. The van der Waals surface area contributed by atoms with Crippen molar-refractivity contribution in [1.29, 1.82) is 0 Å². The molecule has 0 fully saturated rings. The zero-order chi connectivity index (χ0) is 24.0. The van der Waals surface area contributed by atoms with Crippen LogP contribution >= 0.6 is 11.3 Å². The maximum Gasteiger partial charge on any atom is 0.341 e. The molecule has 1 heterocycles. The molecule has 3 rings (SSSR count). The van der Waals surface area contributed by atoms with Crippen LogP contribution < -0.4 is 10.1 Å². The van der Waals surface area contributed by atoms with Crippen molar-refractivity contribution in [2.24, 2.45) is 0 Å². The molecule has 1 N–H and O–H groups in total. The van der Waals surface area contributed by atoms with Gasteiger partial charge in [0.25, 0.3) is 0 Å². The van der Waals surface area contributed by atoms with E-state index in [0.29, 0.717) is 23.4 Å². The first-order valence-electron chi connectivity index (χ1n) is 11.0. The largest absolute Gasteiger partial charge is 0.497 e. The molecule has 6 heteroatoms. The van der Waals surface area contributed by atoms with Gasteiger partial charge in [0.05, 0.1) is 13.7 Å². The Bertz CT molecular complexity index is 1090. The summed E-state index contributed by atoms with van der Waals surface area (Å²) >= 11 is 1.33. The van der Waals surface area contributed by atoms with E-state index in [-0.39, 0.29) is 17.9 Å². The molecule has 1 aromatic heterocycles. The average molecular weight is 466 g/mol. The van der Waals surface area contributed by atoms with E-state index in [1.54, 1.807) is 14.0 Å². The van der Waals surface area contributed by atoms with Crippen LogP contribution in [0.15, 0.2) is 53.9 Å². The molecule has 0 aliphatic rings. The summed E-state index contributed by atoms with van der Waals surface area (Å²) in [5, 5.41) is 5.30. The van der Waals surface area contributed by atoms with Crippen LogP contribution in [-0.2, 0) is 21.4 Å². The number of nitrogens with one attached hydrogen (secondary N) is 1. The third kappa shape index (κ3) is 6.23. The highest BCUT2D eigenvalue weighted by Gasteiger charge is 2.23. The van der Waals surface area contributed by atoms with Crippen molar-refractivity contribution in [3.63, 3.8) is 0 Å². The van der Waals surface area contributed by atoms with Crippen molar-refractivity contribution in [3.05, 3.63) is 70.6 Å². The zero-order valence-electron chi connectivity index (χ0n) is 19.9. The lowest BCUT2D eigenvalue weighted by atomic mass is 9.86. The highest BCUT2D eigenvalue weighted by molar-refractivity contribution is 7.15. The second-order valence-electron chi connectivity index (χ2n) is 8.80. The molecule has 0 saturated heterocycles. The van der Waals surface area contributed by atoms with E-state index in [1.165, 1.54) is 16.9 Å². The van der Waals surface area contributed by atoms with Gasteiger partial charge in [-0.15, -0.1) is 11.3 Å². The average Bonchev–Trinajstić information content (AvgIpc) is 3.21. The fraction of sp³-hybridized carbons (Fsp3) is 0.333. The Morgan fingerprint density at radius 3 is 2.24 bits per heavy atom. The van der Waals surface area contributed by atoms with Crippen LogP contribution in [0.1, 0.15) is 55.6 Å². The number of esters is 1. The monoisotopic (exact) mass is 465 g/mol. The van der Waals surface area contributed by atoms with Crippen LogP contribution in [0.3, 0.4) is 0 Å². The molecule has 1 amide bonds. The van der Waals surface area contributed by atoms with Gasteiger partial charge in [-0.2, -0.15) is 0 Å². The molecule has 2 aromatic carbocycles. The second kappa shape index (κ2) is 10.7. The predicted octanol–water partition coefficient (Wildman–Crippen LogP) is 6.47. The standard InChI is InChI=1S/C27H31NO4S/c1-6-32-26(30)24-22(19-10-14-21(31-5)15-11-19)17-33-25(24)28-23(29)16-9-18-7-12-20(13-8-18)27(2,3)4/h7-8,10-15,17H,6,9,16H2,1-5H3,(H,28,29). The number of carbonyl (C=O) groups excluding carboxylic acids is 2. The van der Waals surface area contributed by atoms with Crippen molar-refractivity contribution < 1.29 is 19.1 Å². The molecule has 33 heavy (non-hydrogen) atoms. The fourth-order valence-corrected chi connectivity index (χ4v) is 4.43. The molecule has 0 aliphatic carbocycles. The van der Waals surface area contributed by atoms with E-state index >= 15 is 0 Å². The minimum Gasteiger partial charge on any atom is -0.497 e. The number of methoxy groups -OCH3 is 1. The Hall–Kier alpha value is -3.12. The van der Waals surface area contributed by atoms with E-state index in [2.05, 4.69) is 50.4 Å². The molecule has 0 unspecified atom stereocenters. The van der Waals surface area contributed by atoms with Gasteiger partial charge in [0.1, 0.15) is 16.3 Å². The van der Waals surface area contributed by atoms with Crippen LogP contribution in [0.5, 0.6) is 5.75 Å². The van der Waals surface area contributed by atoms with Gasteiger partial charge in [-0.05, 0) is 47.6 Å². The van der Waals surface area contributed by atoms with Gasteiger partial charge in [0.15, 0.2) is 0 Å². The molecule has 3 aromatic rings. The van der Waals surface area contributed by atoms with Gasteiger partial charge >= 0.3 is 5.97 Å². The van der Waals surface area contributed by atoms with Crippen molar-refractivity contribution in [2.45, 2.75) is 46.0 Å². The minimum absolute atomic E-state index is 0.0974. The molecule has 0 spiro atoms. The van der Waals surface area contributed by atoms with Crippen LogP contribution in [0.25, 0.3) is 11.1 Å². The molecule has 0 radical (unpaired) electrons. The number of ether oxygens (including phenoxy) is 2. The Balaban J connectivity index is 1.74. The summed E-state index contributed by atoms with van der Waals surface area (Å²) < 4.78 is 10.5. The Labute approximate surface area is 199 Å². The van der Waals surface area contributed by atoms with Gasteiger partial charge in [0.2, 0.25) is 5.91 Å². The van der Waals surface area contributed by atoms with Gasteiger partial charge in [-0.1, -0.05) is 57.2 Å².